The van der Waals surface area contributed by atoms with Crippen LogP contribution in [0.15, 0.2) is 0 Å². The van der Waals surface area contributed by atoms with E-state index in [0.717, 1.165) is 21.3 Å². The molecule has 0 aromatic carbocycles. The van der Waals surface area contributed by atoms with Gasteiger partial charge >= 0.3 is 0 Å². The van der Waals surface area contributed by atoms with Crippen molar-refractivity contribution >= 4 is 0 Å². The molecule has 0 aliphatic heterocycles. The number of aliphatic hydroxyl groups excluding tert-OH is 4. The van der Waals surface area contributed by atoms with Gasteiger partial charge in [-0.05, 0) is 5.92 Å². The number of hydrogen-bond donors (Lipinski definition) is 4. The van der Waals surface area contributed by atoms with Crippen LogP contribution in [-0.2, 0) is 26.2 Å². The zero-order chi connectivity index (χ0) is 10.3. The molecule has 0 bridgehead atoms. The number of rotatable bonds is 1. The fourth-order valence-corrected chi connectivity index (χ4v) is 0. The molecule has 4 nitrogen and oxygen atoms in total. The van der Waals surface area contributed by atoms with Gasteiger partial charge in [-0.15, -0.1) is 0 Å². The molecule has 78 valence electrons. The van der Waals surface area contributed by atoms with Crippen LogP contribution >= 0.6 is 0 Å². The van der Waals surface area contributed by atoms with Gasteiger partial charge < -0.3 is 20.4 Å². The Hall–Kier alpha value is 0.723. The first-order chi connectivity index (χ1) is 5.27. The predicted octanol–water partition coefficient (Wildman–Crippen LogP) is -0.542. The molecule has 12 heavy (non-hydrogen) atoms. The quantitative estimate of drug-likeness (QED) is 0.511. The Labute approximate surface area is 94.4 Å². The van der Waals surface area contributed by atoms with Gasteiger partial charge in [0.05, 0.1) is 0 Å². The molecule has 0 fully saturated rings. The summed E-state index contributed by atoms with van der Waals surface area (Å²) < 4.78 is 0. The van der Waals surface area contributed by atoms with E-state index in [9.17, 15) is 0 Å². The number of hydrogen-bond acceptors (Lipinski definition) is 4. The fraction of sp³-hybridized carbons (Fsp3) is 1.00. The number of aliphatic hydroxyl groups is 4. The summed E-state index contributed by atoms with van der Waals surface area (Å²) in [7, 11) is 3.00. The van der Waals surface area contributed by atoms with Gasteiger partial charge in [0, 0.05) is 54.1 Å². The minimum Gasteiger partial charge on any atom is -0.400 e. The van der Waals surface area contributed by atoms with Crippen LogP contribution in [0, 0.1) is 5.92 Å². The molecular weight excluding hydrogens is 239 g/mol. The van der Waals surface area contributed by atoms with Crippen molar-refractivity contribution in [2.24, 2.45) is 5.92 Å². The summed E-state index contributed by atoms with van der Waals surface area (Å²) in [5, 5.41) is 29.1. The standard InChI is InChI=1S/C4H10O.3CH4O.Zr/c1-4(2)3-5;3*1-2;/h4-5H,3H2,1-2H3;3*2H,1H3;. The summed E-state index contributed by atoms with van der Waals surface area (Å²) >= 11 is 0. The van der Waals surface area contributed by atoms with E-state index in [1.807, 2.05) is 13.8 Å². The van der Waals surface area contributed by atoms with E-state index in [-0.39, 0.29) is 26.2 Å². The molecule has 0 saturated heterocycles. The maximum atomic E-state index is 8.14. The maximum Gasteiger partial charge on any atom is 0.0453 e. The van der Waals surface area contributed by atoms with Crippen LogP contribution in [0.2, 0.25) is 0 Å². The van der Waals surface area contributed by atoms with Gasteiger partial charge in [0.25, 0.3) is 0 Å². The molecule has 0 aliphatic carbocycles. The second-order valence-electron chi connectivity index (χ2n) is 1.58. The molecule has 5 heteroatoms. The van der Waals surface area contributed by atoms with E-state index in [2.05, 4.69) is 0 Å². The van der Waals surface area contributed by atoms with Crippen molar-refractivity contribution in [3.63, 3.8) is 0 Å². The first-order valence-electron chi connectivity index (χ1n) is 3.22. The van der Waals surface area contributed by atoms with E-state index < -0.39 is 0 Å². The van der Waals surface area contributed by atoms with Crippen molar-refractivity contribution < 1.29 is 46.6 Å². The Bertz CT molecular complexity index is 29.4. The van der Waals surface area contributed by atoms with Crippen molar-refractivity contribution in [2.45, 2.75) is 13.8 Å². The molecule has 0 aromatic rings. The average Bonchev–Trinajstić information content (AvgIpc) is 2.15. The summed E-state index contributed by atoms with van der Waals surface area (Å²) in [5.41, 5.74) is 0. The monoisotopic (exact) mass is 260 g/mol. The van der Waals surface area contributed by atoms with E-state index in [4.69, 9.17) is 20.4 Å². The minimum atomic E-state index is 0. The second-order valence-corrected chi connectivity index (χ2v) is 1.58. The topological polar surface area (TPSA) is 80.9 Å². The normalized spacial score (nSPS) is 5.50. The van der Waals surface area contributed by atoms with E-state index in [0.29, 0.717) is 12.5 Å². The fourth-order valence-electron chi connectivity index (χ4n) is 0. The van der Waals surface area contributed by atoms with Crippen LogP contribution in [-0.4, -0.2) is 48.4 Å². The Balaban J connectivity index is -0.0000000203. The van der Waals surface area contributed by atoms with Gasteiger partial charge in [-0.25, -0.2) is 0 Å². The molecule has 0 unspecified atom stereocenters. The first kappa shape index (κ1) is 29.3. The van der Waals surface area contributed by atoms with Crippen LogP contribution in [0.3, 0.4) is 0 Å². The molecular formula is C7H22O4Zr. The third kappa shape index (κ3) is 137. The van der Waals surface area contributed by atoms with Crippen molar-refractivity contribution in [1.82, 2.24) is 0 Å². The van der Waals surface area contributed by atoms with Crippen LogP contribution in [0.1, 0.15) is 13.8 Å². The molecule has 0 heterocycles. The van der Waals surface area contributed by atoms with Gasteiger partial charge in [-0.1, -0.05) is 13.8 Å². The first-order valence-corrected chi connectivity index (χ1v) is 3.22. The zero-order valence-corrected chi connectivity index (χ0v) is 11.0. The van der Waals surface area contributed by atoms with E-state index in [1.165, 1.54) is 0 Å². The van der Waals surface area contributed by atoms with Gasteiger partial charge in [-0.3, -0.25) is 0 Å². The third-order valence-corrected chi connectivity index (χ3v) is 0.365. The molecule has 0 radical (unpaired) electrons. The maximum absolute atomic E-state index is 8.14. The summed E-state index contributed by atoms with van der Waals surface area (Å²) in [4.78, 5) is 0. The summed E-state index contributed by atoms with van der Waals surface area (Å²) in [6, 6.07) is 0. The van der Waals surface area contributed by atoms with Crippen LogP contribution < -0.4 is 0 Å². The zero-order valence-electron chi connectivity index (χ0n) is 8.57. The van der Waals surface area contributed by atoms with Gasteiger partial charge in [0.15, 0.2) is 0 Å². The van der Waals surface area contributed by atoms with Crippen molar-refractivity contribution in [3.05, 3.63) is 0 Å². The molecule has 0 amide bonds. The van der Waals surface area contributed by atoms with Crippen molar-refractivity contribution in [1.29, 1.82) is 0 Å². The Morgan fingerprint density at radius 2 is 0.917 bits per heavy atom. The predicted molar refractivity (Wildman–Crippen MR) is 46.4 cm³/mol. The van der Waals surface area contributed by atoms with Crippen molar-refractivity contribution in [2.75, 3.05) is 27.9 Å². The summed E-state index contributed by atoms with van der Waals surface area (Å²) in [5.74, 6) is 0.440. The molecule has 0 saturated carbocycles. The van der Waals surface area contributed by atoms with Crippen LogP contribution in [0.25, 0.3) is 0 Å². The smallest absolute Gasteiger partial charge is 0.0453 e. The molecule has 0 aromatic heterocycles. The molecule has 0 rings (SSSR count). The largest absolute Gasteiger partial charge is 0.400 e. The van der Waals surface area contributed by atoms with Crippen LogP contribution in [0.5, 0.6) is 0 Å². The average molecular weight is 261 g/mol. The van der Waals surface area contributed by atoms with E-state index in [1.54, 1.807) is 0 Å². The SMILES string of the molecule is CC(C)CO.CO.CO.CO.[Zr]. The molecule has 0 aliphatic rings. The Kier molecular flexibility index (Phi) is 148. The Morgan fingerprint density at radius 3 is 0.917 bits per heavy atom. The minimum absolute atomic E-state index is 0. The van der Waals surface area contributed by atoms with Crippen LogP contribution in [0.4, 0.5) is 0 Å². The van der Waals surface area contributed by atoms with E-state index >= 15 is 0 Å². The summed E-state index contributed by atoms with van der Waals surface area (Å²) in [6.45, 7) is 4.25. The molecule has 0 atom stereocenters. The summed E-state index contributed by atoms with van der Waals surface area (Å²) in [6.07, 6.45) is 0. The van der Waals surface area contributed by atoms with Gasteiger partial charge in [0.1, 0.15) is 0 Å². The molecule has 4 N–H and O–H groups in total. The second kappa shape index (κ2) is 60.4. The third-order valence-electron chi connectivity index (χ3n) is 0.365. The molecule has 0 spiro atoms. The van der Waals surface area contributed by atoms with Crippen molar-refractivity contribution in [3.8, 4) is 0 Å². The Morgan fingerprint density at radius 1 is 0.833 bits per heavy atom. The van der Waals surface area contributed by atoms with Gasteiger partial charge in [0.2, 0.25) is 0 Å². The van der Waals surface area contributed by atoms with Gasteiger partial charge in [-0.2, -0.15) is 0 Å².